The predicted molar refractivity (Wildman–Crippen MR) is 226 cm³/mol. The van der Waals surface area contributed by atoms with Crippen molar-refractivity contribution in [1.29, 1.82) is 0 Å². The second-order valence-electron chi connectivity index (χ2n) is 14.2. The minimum atomic E-state index is 0.570. The van der Waals surface area contributed by atoms with E-state index in [-0.39, 0.29) is 0 Å². The number of para-hydroxylation sites is 3. The van der Waals surface area contributed by atoms with Crippen molar-refractivity contribution in [2.24, 2.45) is 0 Å². The quantitative estimate of drug-likeness (QED) is 0.183. The van der Waals surface area contributed by atoms with Crippen LogP contribution in [0.4, 0.5) is 0 Å². The van der Waals surface area contributed by atoms with Crippen molar-refractivity contribution in [2.45, 2.75) is 0 Å². The Kier molecular flexibility index (Phi) is 6.27. The molecule has 8 aromatic carbocycles. The number of hydrogen-bond donors (Lipinski definition) is 0. The van der Waals surface area contributed by atoms with Crippen LogP contribution in [0.15, 0.2) is 186 Å². The van der Waals surface area contributed by atoms with Crippen LogP contribution in [-0.4, -0.2) is 19.1 Å². The number of nitrogens with zero attached hydrogens (tertiary/aromatic N) is 4. The summed E-state index contributed by atoms with van der Waals surface area (Å²) in [5, 5.41) is 8.99. The van der Waals surface area contributed by atoms with E-state index in [2.05, 4.69) is 179 Å². The van der Waals surface area contributed by atoms with Crippen molar-refractivity contribution < 1.29 is 4.42 Å². The Labute approximate surface area is 315 Å². The molecule has 0 N–H and O–H groups in total. The summed E-state index contributed by atoms with van der Waals surface area (Å²) in [5.41, 5.74) is 11.2. The zero-order valence-electron chi connectivity index (χ0n) is 29.5. The van der Waals surface area contributed by atoms with Gasteiger partial charge >= 0.3 is 0 Å². The van der Waals surface area contributed by atoms with E-state index < -0.39 is 0 Å². The summed E-state index contributed by atoms with van der Waals surface area (Å²) in [6.07, 6.45) is 0. The van der Waals surface area contributed by atoms with Crippen LogP contribution in [0.25, 0.3) is 110 Å². The Hall–Kier alpha value is -7.50. The van der Waals surface area contributed by atoms with Crippen molar-refractivity contribution >= 4 is 76.5 Å². The zero-order valence-corrected chi connectivity index (χ0v) is 29.5. The molecule has 0 aliphatic heterocycles. The summed E-state index contributed by atoms with van der Waals surface area (Å²) in [7, 11) is 0. The van der Waals surface area contributed by atoms with E-state index >= 15 is 0 Å². The predicted octanol–water partition coefficient (Wildman–Crippen LogP) is 13.1. The lowest BCUT2D eigenvalue weighted by Crippen LogP contribution is -2.02. The third-order valence-electron chi connectivity index (χ3n) is 11.2. The first kappa shape index (κ1) is 30.0. The highest BCUT2D eigenvalue weighted by Gasteiger charge is 2.22. The van der Waals surface area contributed by atoms with Crippen LogP contribution in [0.3, 0.4) is 0 Å². The van der Waals surface area contributed by atoms with E-state index in [0.29, 0.717) is 11.7 Å². The lowest BCUT2D eigenvalue weighted by Gasteiger charge is -2.10. The highest BCUT2D eigenvalue weighted by Crippen LogP contribution is 2.41. The van der Waals surface area contributed by atoms with E-state index in [0.717, 1.165) is 71.4 Å². The van der Waals surface area contributed by atoms with Gasteiger partial charge in [-0.2, -0.15) is 4.98 Å². The first-order chi connectivity index (χ1) is 27.3. The molecule has 55 heavy (non-hydrogen) atoms. The third kappa shape index (κ3) is 4.41. The number of benzene rings is 8. The second kappa shape index (κ2) is 11.5. The SMILES string of the molecule is c1ccc(-c2nc(-n3c4ccccc4c4cc(-c5ccc6c(c5)c5ccccc5n6-c5ccccc5)ccc43)nc3oc4ccc5ccccc5c4c23)cc1. The van der Waals surface area contributed by atoms with Crippen LogP contribution >= 0.6 is 0 Å². The molecule has 0 aliphatic carbocycles. The normalized spacial score (nSPS) is 12.0. The fourth-order valence-electron chi connectivity index (χ4n) is 8.71. The van der Waals surface area contributed by atoms with Gasteiger partial charge in [0.1, 0.15) is 5.58 Å². The topological polar surface area (TPSA) is 48.8 Å². The number of hydrogen-bond acceptors (Lipinski definition) is 3. The van der Waals surface area contributed by atoms with E-state index in [4.69, 9.17) is 14.4 Å². The summed E-state index contributed by atoms with van der Waals surface area (Å²) in [6, 6.07) is 64.4. The van der Waals surface area contributed by atoms with Gasteiger partial charge in [0.05, 0.1) is 33.1 Å². The minimum Gasteiger partial charge on any atom is -0.437 e. The first-order valence-electron chi connectivity index (χ1n) is 18.6. The third-order valence-corrected chi connectivity index (χ3v) is 11.2. The highest BCUT2D eigenvalue weighted by molar-refractivity contribution is 6.22. The molecule has 0 amide bonds. The molecule has 4 aromatic heterocycles. The molecule has 12 aromatic rings. The Bertz CT molecular complexity index is 3480. The van der Waals surface area contributed by atoms with Gasteiger partial charge in [0, 0.05) is 38.2 Å². The maximum atomic E-state index is 6.59. The van der Waals surface area contributed by atoms with Gasteiger partial charge in [-0.3, -0.25) is 4.57 Å². The molecule has 0 unspecified atom stereocenters. The van der Waals surface area contributed by atoms with Crippen LogP contribution < -0.4 is 0 Å². The van der Waals surface area contributed by atoms with Crippen molar-refractivity contribution in [3.8, 4) is 34.0 Å². The second-order valence-corrected chi connectivity index (χ2v) is 14.2. The molecule has 5 nitrogen and oxygen atoms in total. The van der Waals surface area contributed by atoms with E-state index in [1.807, 2.05) is 12.1 Å². The molecular formula is C50H30N4O. The summed E-state index contributed by atoms with van der Waals surface area (Å²) in [5.74, 6) is 0.573. The smallest absolute Gasteiger partial charge is 0.238 e. The van der Waals surface area contributed by atoms with E-state index in [9.17, 15) is 0 Å². The van der Waals surface area contributed by atoms with E-state index in [1.54, 1.807) is 0 Å². The average molecular weight is 703 g/mol. The summed E-state index contributed by atoms with van der Waals surface area (Å²) in [4.78, 5) is 10.6. The van der Waals surface area contributed by atoms with Crippen molar-refractivity contribution in [3.63, 3.8) is 0 Å². The Balaban J connectivity index is 1.08. The monoisotopic (exact) mass is 702 g/mol. The van der Waals surface area contributed by atoms with Crippen LogP contribution in [-0.2, 0) is 0 Å². The molecule has 256 valence electrons. The van der Waals surface area contributed by atoms with Crippen LogP contribution in [0, 0.1) is 0 Å². The number of furan rings is 1. The molecule has 0 saturated carbocycles. The van der Waals surface area contributed by atoms with Crippen LogP contribution in [0.2, 0.25) is 0 Å². The van der Waals surface area contributed by atoms with Crippen LogP contribution in [0.1, 0.15) is 0 Å². The van der Waals surface area contributed by atoms with Gasteiger partial charge in [0.15, 0.2) is 0 Å². The molecule has 0 fully saturated rings. The molecule has 5 heteroatoms. The fraction of sp³-hybridized carbons (Fsp3) is 0. The van der Waals surface area contributed by atoms with Gasteiger partial charge < -0.3 is 8.98 Å². The van der Waals surface area contributed by atoms with Crippen molar-refractivity contribution in [1.82, 2.24) is 19.1 Å². The summed E-state index contributed by atoms with van der Waals surface area (Å²) < 4.78 is 11.1. The van der Waals surface area contributed by atoms with Crippen molar-refractivity contribution in [3.05, 3.63) is 182 Å². The average Bonchev–Trinajstić information content (AvgIpc) is 3.91. The standard InChI is InChI=1S/C50H30N4O/c1-3-14-32(15-4-1)48-47-46-36-18-8-7-13-31(36)25-28-45(46)55-49(47)52-50(51-48)54-42-22-12-10-20-38(42)40-30-34(24-27-44(40)54)33-23-26-43-39(29-33)37-19-9-11-21-41(37)53(43)35-16-5-2-6-17-35/h1-30H. The largest absolute Gasteiger partial charge is 0.437 e. The molecule has 0 aliphatic rings. The Morgan fingerprint density at radius 3 is 1.65 bits per heavy atom. The summed E-state index contributed by atoms with van der Waals surface area (Å²) >= 11 is 0. The first-order valence-corrected chi connectivity index (χ1v) is 18.6. The van der Waals surface area contributed by atoms with E-state index in [1.165, 1.54) is 27.4 Å². The molecule has 12 rings (SSSR count). The maximum absolute atomic E-state index is 6.59. The van der Waals surface area contributed by atoms with Gasteiger partial charge in [-0.25, -0.2) is 4.98 Å². The van der Waals surface area contributed by atoms with Gasteiger partial charge in [-0.05, 0) is 76.5 Å². The number of rotatable bonds is 4. The minimum absolute atomic E-state index is 0.570. The highest BCUT2D eigenvalue weighted by atomic mass is 16.3. The summed E-state index contributed by atoms with van der Waals surface area (Å²) in [6.45, 7) is 0. The molecule has 0 atom stereocenters. The van der Waals surface area contributed by atoms with Crippen molar-refractivity contribution in [2.75, 3.05) is 0 Å². The zero-order chi connectivity index (χ0) is 36.0. The molecule has 4 heterocycles. The molecule has 0 spiro atoms. The lowest BCUT2D eigenvalue weighted by atomic mass is 10.0. The number of fused-ring (bicyclic) bond motifs is 11. The Morgan fingerprint density at radius 2 is 0.945 bits per heavy atom. The lowest BCUT2D eigenvalue weighted by molar-refractivity contribution is 0.651. The Morgan fingerprint density at radius 1 is 0.382 bits per heavy atom. The van der Waals surface area contributed by atoms with Gasteiger partial charge in [0.2, 0.25) is 11.7 Å². The van der Waals surface area contributed by atoms with Crippen LogP contribution in [0.5, 0.6) is 0 Å². The van der Waals surface area contributed by atoms with Gasteiger partial charge in [-0.15, -0.1) is 0 Å². The molecule has 0 radical (unpaired) electrons. The molecule has 0 saturated heterocycles. The van der Waals surface area contributed by atoms with Gasteiger partial charge in [-0.1, -0.05) is 127 Å². The molecule has 0 bridgehead atoms. The molecular weight excluding hydrogens is 673 g/mol. The fourth-order valence-corrected chi connectivity index (χ4v) is 8.71. The number of aromatic nitrogens is 4. The maximum Gasteiger partial charge on any atom is 0.238 e. The van der Waals surface area contributed by atoms with Gasteiger partial charge in [0.25, 0.3) is 0 Å².